The molecular weight excluding hydrogens is 363 g/mol. The highest BCUT2D eigenvalue weighted by Gasteiger charge is 2.20. The number of sulfonamides is 1. The number of anilines is 2. The van der Waals surface area contributed by atoms with Gasteiger partial charge in [0.15, 0.2) is 0 Å². The molecule has 1 amide bonds. The van der Waals surface area contributed by atoms with Crippen molar-refractivity contribution in [3.8, 4) is 0 Å². The Morgan fingerprint density at radius 2 is 1.68 bits per heavy atom. The summed E-state index contributed by atoms with van der Waals surface area (Å²) in [7, 11) is -3.98. The smallest absolute Gasteiger partial charge is 0.265 e. The molecule has 2 aromatic carbocycles. The zero-order chi connectivity index (χ0) is 17.9. The summed E-state index contributed by atoms with van der Waals surface area (Å²) < 4.78 is 40.5. The van der Waals surface area contributed by atoms with Crippen molar-refractivity contribution in [1.82, 2.24) is 0 Å². The third-order valence-electron chi connectivity index (χ3n) is 3.26. The molecular formula is C17H13FN2O3S2. The van der Waals surface area contributed by atoms with Gasteiger partial charge in [0.1, 0.15) is 5.82 Å². The Balaban J connectivity index is 1.78. The number of halogens is 1. The average molecular weight is 376 g/mol. The van der Waals surface area contributed by atoms with E-state index in [2.05, 4.69) is 10.0 Å². The number of benzene rings is 2. The minimum absolute atomic E-state index is 0.0982. The first-order valence-electron chi connectivity index (χ1n) is 7.18. The molecule has 8 heteroatoms. The Hall–Kier alpha value is -2.71. The lowest BCUT2D eigenvalue weighted by Gasteiger charge is -2.07. The molecule has 0 saturated carbocycles. The van der Waals surface area contributed by atoms with Gasteiger partial charge >= 0.3 is 0 Å². The van der Waals surface area contributed by atoms with Crippen molar-refractivity contribution in [1.29, 1.82) is 0 Å². The Labute approximate surface area is 148 Å². The third-order valence-corrected chi connectivity index (χ3v) is 5.68. The molecule has 0 saturated heterocycles. The first-order valence-corrected chi connectivity index (χ1v) is 9.54. The highest BCUT2D eigenvalue weighted by atomic mass is 32.2. The fourth-order valence-corrected chi connectivity index (χ4v) is 4.28. The molecule has 128 valence electrons. The number of thiophene rings is 1. The summed E-state index contributed by atoms with van der Waals surface area (Å²) in [5.41, 5.74) is 0.457. The number of para-hydroxylation sites is 2. The molecule has 2 N–H and O–H groups in total. The molecule has 0 spiro atoms. The number of hydrogen-bond donors (Lipinski definition) is 2. The van der Waals surface area contributed by atoms with E-state index in [0.717, 1.165) is 17.4 Å². The van der Waals surface area contributed by atoms with Crippen molar-refractivity contribution < 1.29 is 17.6 Å². The summed E-state index contributed by atoms with van der Waals surface area (Å²) in [5, 5.41) is 4.01. The molecule has 0 fully saturated rings. The lowest BCUT2D eigenvalue weighted by Crippen LogP contribution is -2.14. The Kier molecular flexibility index (Phi) is 4.82. The van der Waals surface area contributed by atoms with E-state index in [1.807, 2.05) is 6.07 Å². The SMILES string of the molecule is O=C(Nc1ccccc1)c1cc(S(=O)(=O)Nc2ccccc2F)cs1. The molecule has 0 aliphatic heterocycles. The fraction of sp³-hybridized carbons (Fsp3) is 0. The van der Waals surface area contributed by atoms with E-state index in [9.17, 15) is 17.6 Å². The number of rotatable bonds is 5. The number of amides is 1. The van der Waals surface area contributed by atoms with E-state index < -0.39 is 21.7 Å². The van der Waals surface area contributed by atoms with E-state index in [1.54, 1.807) is 24.3 Å². The molecule has 5 nitrogen and oxygen atoms in total. The van der Waals surface area contributed by atoms with Gasteiger partial charge in [-0.15, -0.1) is 11.3 Å². The van der Waals surface area contributed by atoms with Crippen LogP contribution in [0.25, 0.3) is 0 Å². The maximum absolute atomic E-state index is 13.6. The Bertz CT molecular complexity index is 1000. The fourth-order valence-electron chi connectivity index (χ4n) is 2.04. The molecule has 0 unspecified atom stereocenters. The van der Waals surface area contributed by atoms with Crippen LogP contribution < -0.4 is 10.0 Å². The number of carbonyl (C=O) groups excluding carboxylic acids is 1. The molecule has 3 rings (SSSR count). The predicted octanol–water partition coefficient (Wildman–Crippen LogP) is 3.94. The Morgan fingerprint density at radius 1 is 1.00 bits per heavy atom. The quantitative estimate of drug-likeness (QED) is 0.708. The highest BCUT2D eigenvalue weighted by molar-refractivity contribution is 7.92. The number of carbonyl (C=O) groups is 1. The summed E-state index contributed by atoms with van der Waals surface area (Å²) in [6, 6.07) is 15.5. The van der Waals surface area contributed by atoms with Gasteiger partial charge in [0, 0.05) is 11.1 Å². The molecule has 3 aromatic rings. The number of nitrogens with one attached hydrogen (secondary N) is 2. The molecule has 0 aliphatic rings. The second kappa shape index (κ2) is 7.04. The summed E-state index contributed by atoms with van der Waals surface area (Å²) in [6.45, 7) is 0. The summed E-state index contributed by atoms with van der Waals surface area (Å²) >= 11 is 0.994. The molecule has 25 heavy (non-hydrogen) atoms. The first kappa shape index (κ1) is 17.1. The van der Waals surface area contributed by atoms with Gasteiger partial charge in [-0.2, -0.15) is 0 Å². The van der Waals surface area contributed by atoms with Crippen LogP contribution in [0.3, 0.4) is 0 Å². The molecule has 0 bridgehead atoms. The van der Waals surface area contributed by atoms with Gasteiger partial charge in [0.2, 0.25) is 0 Å². The normalized spacial score (nSPS) is 11.1. The number of hydrogen-bond acceptors (Lipinski definition) is 4. The predicted molar refractivity (Wildman–Crippen MR) is 95.9 cm³/mol. The van der Waals surface area contributed by atoms with Crippen LogP contribution in [0.5, 0.6) is 0 Å². The van der Waals surface area contributed by atoms with Gasteiger partial charge in [0.05, 0.1) is 15.5 Å². The molecule has 0 atom stereocenters. The molecule has 0 radical (unpaired) electrons. The zero-order valence-electron chi connectivity index (χ0n) is 12.8. The second-order valence-corrected chi connectivity index (χ2v) is 7.65. The summed E-state index contributed by atoms with van der Waals surface area (Å²) in [4.78, 5) is 12.3. The van der Waals surface area contributed by atoms with E-state index >= 15 is 0 Å². The molecule has 1 heterocycles. The minimum atomic E-state index is -3.98. The topological polar surface area (TPSA) is 75.3 Å². The van der Waals surface area contributed by atoms with Crippen molar-refractivity contribution in [2.45, 2.75) is 4.90 Å². The standard InChI is InChI=1S/C17H13FN2O3S2/c18-14-8-4-5-9-15(14)20-25(22,23)13-10-16(24-11-13)17(21)19-12-6-2-1-3-7-12/h1-11,20H,(H,19,21). The van der Waals surface area contributed by atoms with E-state index in [4.69, 9.17) is 0 Å². The van der Waals surface area contributed by atoms with Crippen LogP contribution in [-0.4, -0.2) is 14.3 Å². The van der Waals surface area contributed by atoms with Gasteiger partial charge in [-0.1, -0.05) is 30.3 Å². The first-order chi connectivity index (χ1) is 12.0. The third kappa shape index (κ3) is 4.04. The lowest BCUT2D eigenvalue weighted by atomic mass is 10.3. The van der Waals surface area contributed by atoms with Gasteiger partial charge in [-0.25, -0.2) is 12.8 Å². The van der Waals surface area contributed by atoms with Gasteiger partial charge in [0.25, 0.3) is 15.9 Å². The average Bonchev–Trinajstić information content (AvgIpc) is 3.09. The second-order valence-electron chi connectivity index (χ2n) is 5.05. The van der Waals surface area contributed by atoms with Crippen LogP contribution in [0.1, 0.15) is 9.67 Å². The largest absolute Gasteiger partial charge is 0.321 e. The molecule has 0 aliphatic carbocycles. The maximum Gasteiger partial charge on any atom is 0.265 e. The lowest BCUT2D eigenvalue weighted by molar-refractivity contribution is 0.103. The summed E-state index contributed by atoms with van der Waals surface area (Å²) in [6.07, 6.45) is 0. The highest BCUT2D eigenvalue weighted by Crippen LogP contribution is 2.24. The van der Waals surface area contributed by atoms with Gasteiger partial charge in [-0.05, 0) is 30.3 Å². The van der Waals surface area contributed by atoms with Crippen LogP contribution >= 0.6 is 11.3 Å². The van der Waals surface area contributed by atoms with Crippen molar-refractivity contribution in [3.05, 3.63) is 76.7 Å². The van der Waals surface area contributed by atoms with Gasteiger partial charge < -0.3 is 5.32 Å². The van der Waals surface area contributed by atoms with Gasteiger partial charge in [-0.3, -0.25) is 9.52 Å². The van der Waals surface area contributed by atoms with Crippen LogP contribution in [0.4, 0.5) is 15.8 Å². The summed E-state index contributed by atoms with van der Waals surface area (Å²) in [5.74, 6) is -1.09. The molecule has 1 aromatic heterocycles. The maximum atomic E-state index is 13.6. The monoisotopic (exact) mass is 376 g/mol. The van der Waals surface area contributed by atoms with E-state index in [0.29, 0.717) is 5.69 Å². The van der Waals surface area contributed by atoms with Crippen molar-refractivity contribution in [2.24, 2.45) is 0 Å². The van der Waals surface area contributed by atoms with Crippen molar-refractivity contribution in [2.75, 3.05) is 10.0 Å². The minimum Gasteiger partial charge on any atom is -0.321 e. The van der Waals surface area contributed by atoms with Crippen LogP contribution in [0.2, 0.25) is 0 Å². The Morgan fingerprint density at radius 3 is 2.40 bits per heavy atom. The van der Waals surface area contributed by atoms with Crippen molar-refractivity contribution in [3.63, 3.8) is 0 Å². The van der Waals surface area contributed by atoms with E-state index in [1.165, 1.54) is 29.6 Å². The van der Waals surface area contributed by atoms with E-state index in [-0.39, 0.29) is 15.5 Å². The zero-order valence-corrected chi connectivity index (χ0v) is 14.4. The van der Waals surface area contributed by atoms with Crippen LogP contribution in [-0.2, 0) is 10.0 Å². The van der Waals surface area contributed by atoms with Crippen LogP contribution in [0, 0.1) is 5.82 Å². The van der Waals surface area contributed by atoms with Crippen LogP contribution in [0.15, 0.2) is 70.9 Å². The van der Waals surface area contributed by atoms with Crippen molar-refractivity contribution >= 4 is 38.6 Å².